The number of nitrogens with one attached hydrogen (secondary N) is 2. The summed E-state index contributed by atoms with van der Waals surface area (Å²) in [6, 6.07) is 10.7. The minimum atomic E-state index is -0.232. The molecular weight excluding hydrogens is 440 g/mol. The van der Waals surface area contributed by atoms with Crippen LogP contribution in [0.3, 0.4) is 0 Å². The number of carbonyl (C=O) groups is 1. The maximum absolute atomic E-state index is 12.3. The molecule has 150 valence electrons. The van der Waals surface area contributed by atoms with Crippen LogP contribution in [0.15, 0.2) is 36.4 Å². The van der Waals surface area contributed by atoms with E-state index in [1.165, 1.54) is 5.56 Å². The number of hydrogen-bond acceptors (Lipinski definition) is 1. The smallest absolute Gasteiger partial charge is 0.319 e. The summed E-state index contributed by atoms with van der Waals surface area (Å²) >= 11 is 24.0. The van der Waals surface area contributed by atoms with Gasteiger partial charge in [0, 0.05) is 30.1 Å². The van der Waals surface area contributed by atoms with Gasteiger partial charge in [-0.3, -0.25) is 0 Å². The normalized spacial score (nSPS) is 22.0. The van der Waals surface area contributed by atoms with Crippen molar-refractivity contribution in [2.45, 2.75) is 25.4 Å². The fraction of sp³-hybridized carbons (Fsp3) is 0.350. The van der Waals surface area contributed by atoms with Crippen molar-refractivity contribution in [1.82, 2.24) is 5.32 Å². The van der Waals surface area contributed by atoms with Crippen molar-refractivity contribution in [3.05, 3.63) is 62.1 Å². The van der Waals surface area contributed by atoms with Crippen molar-refractivity contribution < 1.29 is 9.28 Å². The Morgan fingerprint density at radius 3 is 2.18 bits per heavy atom. The molecule has 0 aliphatic carbocycles. The number of likely N-dealkylation sites (tertiary alicyclic amines) is 1. The Labute approximate surface area is 185 Å². The van der Waals surface area contributed by atoms with E-state index in [1.807, 2.05) is 18.2 Å². The molecule has 1 heterocycles. The molecule has 8 heteroatoms. The quantitative estimate of drug-likeness (QED) is 0.520. The molecule has 0 aromatic heterocycles. The maximum atomic E-state index is 12.3. The summed E-state index contributed by atoms with van der Waals surface area (Å²) in [7, 11) is 2.23. The lowest BCUT2D eigenvalue weighted by Crippen LogP contribution is -2.54. The number of nitrogens with zero attached hydrogens (tertiary/aromatic N) is 1. The molecule has 1 aliphatic heterocycles. The number of benzene rings is 2. The van der Waals surface area contributed by atoms with Crippen molar-refractivity contribution in [3.63, 3.8) is 0 Å². The summed E-state index contributed by atoms with van der Waals surface area (Å²) in [6.45, 7) is 2.83. The van der Waals surface area contributed by atoms with E-state index < -0.39 is 0 Å². The van der Waals surface area contributed by atoms with Gasteiger partial charge < -0.3 is 15.1 Å². The second-order valence-electron chi connectivity index (χ2n) is 7.47. The third kappa shape index (κ3) is 5.68. The lowest BCUT2D eigenvalue weighted by atomic mass is 10.0. The number of anilines is 1. The van der Waals surface area contributed by atoms with Crippen LogP contribution in [0.1, 0.15) is 18.4 Å². The fourth-order valence-electron chi connectivity index (χ4n) is 3.50. The molecule has 0 bridgehead atoms. The van der Waals surface area contributed by atoms with Crippen LogP contribution in [-0.4, -0.2) is 36.7 Å². The standard InChI is InChI=1S/C20H21Cl4N3O/c1-27(12-13-2-4-16(21)18(23)10-13)8-6-14(7-9-27)25-20(28)26-15-3-5-17(22)19(24)11-15/h2-5,10-11,14H,6-9,12H2,1H3,(H-,25,26,28)/p+1. The van der Waals surface area contributed by atoms with E-state index >= 15 is 0 Å². The van der Waals surface area contributed by atoms with Crippen molar-refractivity contribution >= 4 is 58.1 Å². The third-order valence-electron chi connectivity index (χ3n) is 5.10. The molecule has 1 saturated heterocycles. The Bertz CT molecular complexity index is 867. The highest BCUT2D eigenvalue weighted by molar-refractivity contribution is 6.42. The largest absolute Gasteiger partial charge is 0.335 e. The predicted octanol–water partition coefficient (Wildman–Crippen LogP) is 6.23. The van der Waals surface area contributed by atoms with Gasteiger partial charge in [-0.2, -0.15) is 0 Å². The number of urea groups is 1. The first kappa shape index (κ1) is 21.5. The van der Waals surface area contributed by atoms with Crippen molar-refractivity contribution in [2.75, 3.05) is 25.5 Å². The van der Waals surface area contributed by atoms with Crippen LogP contribution in [0.4, 0.5) is 10.5 Å². The van der Waals surface area contributed by atoms with E-state index in [-0.39, 0.29) is 12.1 Å². The SMILES string of the molecule is C[N+]1(Cc2ccc(Cl)c(Cl)c2)CCC(NC(=O)Nc2ccc(Cl)c(Cl)c2)CC1. The Kier molecular flexibility index (Phi) is 7.00. The topological polar surface area (TPSA) is 41.1 Å². The van der Waals surface area contributed by atoms with Gasteiger partial charge in [-0.05, 0) is 30.3 Å². The Hall–Kier alpha value is -1.17. The van der Waals surface area contributed by atoms with Gasteiger partial charge in [-0.25, -0.2) is 4.79 Å². The molecule has 2 N–H and O–H groups in total. The first-order valence-electron chi connectivity index (χ1n) is 9.04. The second kappa shape index (κ2) is 9.10. The first-order valence-corrected chi connectivity index (χ1v) is 10.6. The molecule has 0 spiro atoms. The van der Waals surface area contributed by atoms with Crippen LogP contribution < -0.4 is 10.6 Å². The molecule has 2 aromatic rings. The van der Waals surface area contributed by atoms with Crippen LogP contribution in [0.25, 0.3) is 0 Å². The van der Waals surface area contributed by atoms with Crippen molar-refractivity contribution in [2.24, 2.45) is 0 Å². The van der Waals surface area contributed by atoms with Gasteiger partial charge in [-0.15, -0.1) is 0 Å². The number of halogens is 4. The zero-order chi connectivity index (χ0) is 20.3. The van der Waals surface area contributed by atoms with E-state index in [0.29, 0.717) is 25.8 Å². The first-order chi connectivity index (χ1) is 13.2. The minimum absolute atomic E-state index is 0.141. The minimum Gasteiger partial charge on any atom is -0.335 e. The highest BCUT2D eigenvalue weighted by atomic mass is 35.5. The van der Waals surface area contributed by atoms with Gasteiger partial charge in [0.15, 0.2) is 0 Å². The number of rotatable bonds is 4. The summed E-state index contributed by atoms with van der Waals surface area (Å²) in [5.74, 6) is 0. The highest BCUT2D eigenvalue weighted by Crippen LogP contribution is 2.27. The lowest BCUT2D eigenvalue weighted by molar-refractivity contribution is -0.927. The van der Waals surface area contributed by atoms with Crippen LogP contribution in [0.5, 0.6) is 0 Å². The maximum Gasteiger partial charge on any atom is 0.319 e. The summed E-state index contributed by atoms with van der Waals surface area (Å²) in [5.41, 5.74) is 1.78. The monoisotopic (exact) mass is 460 g/mol. The van der Waals surface area contributed by atoms with E-state index in [4.69, 9.17) is 46.4 Å². The number of carbonyl (C=O) groups excluding carboxylic acids is 1. The molecule has 1 fully saturated rings. The average Bonchev–Trinajstić information content (AvgIpc) is 2.63. The van der Waals surface area contributed by atoms with Gasteiger partial charge >= 0.3 is 6.03 Å². The highest BCUT2D eigenvalue weighted by Gasteiger charge is 2.31. The number of hydrogen-bond donors (Lipinski definition) is 2. The van der Waals surface area contributed by atoms with Crippen LogP contribution >= 0.6 is 46.4 Å². The van der Waals surface area contributed by atoms with Gasteiger partial charge in [0.1, 0.15) is 6.54 Å². The molecule has 3 rings (SSSR count). The Morgan fingerprint density at radius 2 is 1.57 bits per heavy atom. The average molecular weight is 462 g/mol. The van der Waals surface area contributed by atoms with Crippen LogP contribution in [0.2, 0.25) is 20.1 Å². The van der Waals surface area contributed by atoms with E-state index in [0.717, 1.165) is 37.0 Å². The van der Waals surface area contributed by atoms with E-state index in [2.05, 4.69) is 17.7 Å². The van der Waals surface area contributed by atoms with Crippen LogP contribution in [-0.2, 0) is 6.54 Å². The molecule has 0 atom stereocenters. The second-order valence-corrected chi connectivity index (χ2v) is 9.10. The molecule has 2 amide bonds. The molecule has 2 aromatic carbocycles. The molecule has 0 unspecified atom stereocenters. The van der Waals surface area contributed by atoms with Crippen molar-refractivity contribution in [1.29, 1.82) is 0 Å². The van der Waals surface area contributed by atoms with Gasteiger partial charge in [0.25, 0.3) is 0 Å². The molecule has 0 saturated carbocycles. The van der Waals surface area contributed by atoms with Gasteiger partial charge in [-0.1, -0.05) is 52.5 Å². The van der Waals surface area contributed by atoms with Gasteiger partial charge in [0.05, 0.1) is 40.2 Å². The fourth-order valence-corrected chi connectivity index (χ4v) is 4.12. The predicted molar refractivity (Wildman–Crippen MR) is 118 cm³/mol. The number of quaternary nitrogens is 1. The molecule has 28 heavy (non-hydrogen) atoms. The summed E-state index contributed by atoms with van der Waals surface area (Å²) < 4.78 is 0.907. The van der Waals surface area contributed by atoms with E-state index in [9.17, 15) is 4.79 Å². The zero-order valence-electron chi connectivity index (χ0n) is 15.4. The Balaban J connectivity index is 1.50. The van der Waals surface area contributed by atoms with Crippen molar-refractivity contribution in [3.8, 4) is 0 Å². The molecular formula is C20H22Cl4N3O+. The molecule has 0 radical (unpaired) electrons. The zero-order valence-corrected chi connectivity index (χ0v) is 18.5. The number of amides is 2. The molecule has 1 aliphatic rings. The summed E-state index contributed by atoms with van der Waals surface area (Å²) in [5, 5.41) is 7.87. The van der Waals surface area contributed by atoms with E-state index in [1.54, 1.807) is 18.2 Å². The lowest BCUT2D eigenvalue weighted by Gasteiger charge is -2.40. The third-order valence-corrected chi connectivity index (χ3v) is 6.57. The molecule has 4 nitrogen and oxygen atoms in total. The Morgan fingerprint density at radius 1 is 0.964 bits per heavy atom. The number of piperidine rings is 1. The summed E-state index contributed by atoms with van der Waals surface area (Å²) in [4.78, 5) is 12.3. The van der Waals surface area contributed by atoms with Gasteiger partial charge in [0.2, 0.25) is 0 Å². The van der Waals surface area contributed by atoms with Crippen LogP contribution in [0, 0.1) is 0 Å². The summed E-state index contributed by atoms with van der Waals surface area (Å²) in [6.07, 6.45) is 1.82.